The van der Waals surface area contributed by atoms with Gasteiger partial charge in [-0.2, -0.15) is 5.26 Å². The third-order valence-corrected chi connectivity index (χ3v) is 7.34. The molecule has 0 radical (unpaired) electrons. The molecule has 1 saturated carbocycles. The van der Waals surface area contributed by atoms with Crippen LogP contribution in [0.5, 0.6) is 0 Å². The van der Waals surface area contributed by atoms with Gasteiger partial charge in [-0.15, -0.1) is 17.9 Å². The molecule has 1 aliphatic carbocycles. The van der Waals surface area contributed by atoms with Gasteiger partial charge < -0.3 is 5.73 Å². The van der Waals surface area contributed by atoms with Crippen molar-refractivity contribution in [1.82, 2.24) is 0 Å². The number of rotatable bonds is 7. The minimum atomic E-state index is -0.572. The molecule has 1 aliphatic rings. The van der Waals surface area contributed by atoms with Gasteiger partial charge in [0.15, 0.2) is 0 Å². The van der Waals surface area contributed by atoms with E-state index in [0.717, 1.165) is 21.2 Å². The van der Waals surface area contributed by atoms with Crippen LogP contribution in [0.2, 0.25) is 0 Å². The second-order valence-electron chi connectivity index (χ2n) is 8.41. The summed E-state index contributed by atoms with van der Waals surface area (Å²) >= 11 is 1.69. The molecule has 3 nitrogen and oxygen atoms in total. The summed E-state index contributed by atoms with van der Waals surface area (Å²) in [7, 11) is 0. The highest BCUT2D eigenvalue weighted by Gasteiger charge is 2.37. The van der Waals surface area contributed by atoms with Gasteiger partial charge in [-0.25, -0.2) is 0 Å². The summed E-state index contributed by atoms with van der Waals surface area (Å²) in [6.45, 7) is 8.12. The second-order valence-corrected chi connectivity index (χ2v) is 9.50. The SMILES string of the molecule is C=CC(c1ccc(C2CC2)cc1)C(C)(N=C(C)N)c1ccc(-c2cccc(C#N)c2)s1. The molecule has 2 N–H and O–H groups in total. The first-order chi connectivity index (χ1) is 14.9. The molecule has 2 unspecified atom stereocenters. The first-order valence-corrected chi connectivity index (χ1v) is 11.4. The fraction of sp³-hybridized carbons (Fsp3) is 0.259. The van der Waals surface area contributed by atoms with E-state index in [1.54, 1.807) is 11.3 Å². The van der Waals surface area contributed by atoms with Crippen LogP contribution in [-0.2, 0) is 5.54 Å². The van der Waals surface area contributed by atoms with Crippen molar-refractivity contribution in [2.75, 3.05) is 0 Å². The summed E-state index contributed by atoms with van der Waals surface area (Å²) in [4.78, 5) is 7.14. The van der Waals surface area contributed by atoms with Crippen molar-refractivity contribution in [3.05, 3.63) is 94.9 Å². The van der Waals surface area contributed by atoms with Crippen molar-refractivity contribution in [2.24, 2.45) is 10.7 Å². The number of nitrogens with two attached hydrogens (primary N) is 1. The Morgan fingerprint density at radius 2 is 1.97 bits per heavy atom. The highest BCUT2D eigenvalue weighted by molar-refractivity contribution is 7.15. The van der Waals surface area contributed by atoms with Gasteiger partial charge in [0.25, 0.3) is 0 Å². The molecule has 31 heavy (non-hydrogen) atoms. The molecular formula is C27H27N3S. The first-order valence-electron chi connectivity index (χ1n) is 10.6. The van der Waals surface area contributed by atoms with Crippen LogP contribution in [0.15, 0.2) is 78.3 Å². The molecular weight excluding hydrogens is 398 g/mol. The molecule has 0 aliphatic heterocycles. The third kappa shape index (κ3) is 4.33. The van der Waals surface area contributed by atoms with Crippen molar-refractivity contribution >= 4 is 17.2 Å². The Kier molecular flexibility index (Phi) is 5.80. The van der Waals surface area contributed by atoms with Crippen LogP contribution in [0, 0.1) is 11.3 Å². The van der Waals surface area contributed by atoms with Crippen LogP contribution >= 0.6 is 11.3 Å². The fourth-order valence-electron chi connectivity index (χ4n) is 4.23. The van der Waals surface area contributed by atoms with E-state index in [0.29, 0.717) is 11.4 Å². The van der Waals surface area contributed by atoms with Crippen LogP contribution in [0.4, 0.5) is 0 Å². The number of thiophene rings is 1. The number of benzene rings is 2. The number of hydrogen-bond donors (Lipinski definition) is 1. The minimum Gasteiger partial charge on any atom is -0.388 e. The zero-order valence-electron chi connectivity index (χ0n) is 18.0. The van der Waals surface area contributed by atoms with Crippen LogP contribution in [-0.4, -0.2) is 5.84 Å². The van der Waals surface area contributed by atoms with Gasteiger partial charge in [-0.3, -0.25) is 4.99 Å². The Morgan fingerprint density at radius 1 is 1.23 bits per heavy atom. The molecule has 1 fully saturated rings. The zero-order valence-corrected chi connectivity index (χ0v) is 18.8. The average Bonchev–Trinajstić information content (AvgIpc) is 3.49. The van der Waals surface area contributed by atoms with E-state index in [2.05, 4.69) is 56.0 Å². The Balaban J connectivity index is 1.74. The lowest BCUT2D eigenvalue weighted by Gasteiger charge is -2.32. The van der Waals surface area contributed by atoms with Gasteiger partial charge >= 0.3 is 0 Å². The second kappa shape index (κ2) is 8.53. The molecule has 0 amide bonds. The molecule has 2 aromatic carbocycles. The van der Waals surface area contributed by atoms with Crippen molar-refractivity contribution in [2.45, 2.75) is 44.1 Å². The number of amidine groups is 1. The summed E-state index contributed by atoms with van der Waals surface area (Å²) in [5.41, 5.74) is 9.83. The lowest BCUT2D eigenvalue weighted by molar-refractivity contribution is 0.454. The lowest BCUT2D eigenvalue weighted by Crippen LogP contribution is -2.29. The topological polar surface area (TPSA) is 62.2 Å². The zero-order chi connectivity index (χ0) is 22.0. The molecule has 0 spiro atoms. The standard InChI is InChI=1S/C27H27N3S/c1-4-24(22-12-10-21(11-13-22)20-8-9-20)27(3,30-18(2)29)26-15-14-25(31-26)23-7-5-6-19(16-23)17-28/h4-7,10-16,20,24H,1,8-9H2,2-3H3,(H2,29,30). The molecule has 1 heterocycles. The van der Waals surface area contributed by atoms with E-state index in [-0.39, 0.29) is 5.92 Å². The monoisotopic (exact) mass is 425 g/mol. The van der Waals surface area contributed by atoms with Crippen LogP contribution in [0.1, 0.15) is 60.1 Å². The van der Waals surface area contributed by atoms with Crippen molar-refractivity contribution in [3.63, 3.8) is 0 Å². The van der Waals surface area contributed by atoms with E-state index < -0.39 is 5.54 Å². The normalized spacial score (nSPS) is 16.9. The summed E-state index contributed by atoms with van der Waals surface area (Å²) in [5, 5.41) is 9.24. The molecule has 156 valence electrons. The molecule has 4 heteroatoms. The van der Waals surface area contributed by atoms with E-state index in [4.69, 9.17) is 10.7 Å². The molecule has 0 saturated heterocycles. The Labute approximate surface area is 188 Å². The van der Waals surface area contributed by atoms with E-state index in [9.17, 15) is 5.26 Å². The van der Waals surface area contributed by atoms with Gasteiger partial charge in [0.1, 0.15) is 5.54 Å². The van der Waals surface area contributed by atoms with Crippen LogP contribution in [0.3, 0.4) is 0 Å². The van der Waals surface area contributed by atoms with Crippen LogP contribution in [0.25, 0.3) is 10.4 Å². The largest absolute Gasteiger partial charge is 0.388 e. The lowest BCUT2D eigenvalue weighted by atomic mass is 9.79. The quantitative estimate of drug-likeness (QED) is 0.259. The number of nitriles is 1. The van der Waals surface area contributed by atoms with E-state index in [1.165, 1.54) is 24.0 Å². The highest BCUT2D eigenvalue weighted by atomic mass is 32.1. The molecule has 3 aromatic rings. The molecule has 2 atom stereocenters. The van der Waals surface area contributed by atoms with Crippen molar-refractivity contribution in [3.8, 4) is 16.5 Å². The maximum Gasteiger partial charge on any atom is 0.104 e. The van der Waals surface area contributed by atoms with Crippen molar-refractivity contribution in [1.29, 1.82) is 5.26 Å². The number of aliphatic imine (C=N–C) groups is 1. The predicted molar refractivity (Wildman–Crippen MR) is 130 cm³/mol. The Morgan fingerprint density at radius 3 is 2.58 bits per heavy atom. The van der Waals surface area contributed by atoms with E-state index in [1.807, 2.05) is 37.3 Å². The summed E-state index contributed by atoms with van der Waals surface area (Å²) in [6, 6.07) is 23.1. The summed E-state index contributed by atoms with van der Waals surface area (Å²) in [6.07, 6.45) is 4.57. The minimum absolute atomic E-state index is 0.0174. The average molecular weight is 426 g/mol. The predicted octanol–water partition coefficient (Wildman–Crippen LogP) is 6.73. The Hall–Kier alpha value is -3.16. The summed E-state index contributed by atoms with van der Waals surface area (Å²) in [5.74, 6) is 1.26. The molecule has 4 rings (SSSR count). The van der Waals surface area contributed by atoms with Crippen molar-refractivity contribution < 1.29 is 0 Å². The maximum absolute atomic E-state index is 9.24. The fourth-order valence-corrected chi connectivity index (χ4v) is 5.37. The molecule has 1 aromatic heterocycles. The van der Waals surface area contributed by atoms with Gasteiger partial charge in [-0.1, -0.05) is 42.5 Å². The Bertz CT molecular complexity index is 1160. The smallest absolute Gasteiger partial charge is 0.104 e. The van der Waals surface area contributed by atoms with Gasteiger partial charge in [0.05, 0.1) is 17.5 Å². The van der Waals surface area contributed by atoms with Gasteiger partial charge in [-0.05, 0) is 73.6 Å². The first kappa shape index (κ1) is 21.1. The number of hydrogen-bond acceptors (Lipinski definition) is 3. The summed E-state index contributed by atoms with van der Waals surface area (Å²) < 4.78 is 0. The highest BCUT2D eigenvalue weighted by Crippen LogP contribution is 2.46. The van der Waals surface area contributed by atoms with Gasteiger partial charge in [0, 0.05) is 15.7 Å². The van der Waals surface area contributed by atoms with Gasteiger partial charge in [0.2, 0.25) is 0 Å². The van der Waals surface area contributed by atoms with Crippen LogP contribution < -0.4 is 5.73 Å². The van der Waals surface area contributed by atoms with E-state index >= 15 is 0 Å². The number of nitrogens with zero attached hydrogens (tertiary/aromatic N) is 2. The molecule has 0 bridgehead atoms. The maximum atomic E-state index is 9.24. The third-order valence-electron chi connectivity index (χ3n) is 5.98.